The molecule has 1 aliphatic heterocycles. The van der Waals surface area contributed by atoms with E-state index in [0.717, 1.165) is 106 Å². The number of hydrogen-bond acceptors (Lipinski definition) is 7. The maximum absolute atomic E-state index is 12.3. The van der Waals surface area contributed by atoms with Crippen LogP contribution in [-0.4, -0.2) is 41.1 Å². The van der Waals surface area contributed by atoms with E-state index in [2.05, 4.69) is 32.9 Å². The van der Waals surface area contributed by atoms with E-state index in [9.17, 15) is 9.59 Å². The van der Waals surface area contributed by atoms with Gasteiger partial charge in [0.2, 0.25) is 0 Å². The summed E-state index contributed by atoms with van der Waals surface area (Å²) in [6.07, 6.45) is 4.07. The predicted molar refractivity (Wildman–Crippen MR) is 189 cm³/mol. The van der Waals surface area contributed by atoms with Crippen LogP contribution < -0.4 is 9.97 Å². The second-order valence-corrected chi connectivity index (χ2v) is 12.5. The largest absolute Gasteiger partial charge is 2.00 e. The molecule has 0 amide bonds. The minimum absolute atomic E-state index is 0. The number of esters is 2. The number of rotatable bonds is 7. The van der Waals surface area contributed by atoms with E-state index in [0.29, 0.717) is 12.8 Å². The van der Waals surface area contributed by atoms with E-state index < -0.39 is 0 Å². The molecule has 0 aliphatic carbocycles. The zero-order valence-corrected chi connectivity index (χ0v) is 29.7. The number of fused-ring (bicyclic) bond motifs is 9. The Morgan fingerprint density at radius 1 is 0.755 bits per heavy atom. The van der Waals surface area contributed by atoms with Crippen LogP contribution in [-0.2, 0) is 48.4 Å². The zero-order chi connectivity index (χ0) is 33.9. The summed E-state index contributed by atoms with van der Waals surface area (Å²) in [4.78, 5) is 50.1. The number of aromatic nitrogens is 5. The first-order valence-corrected chi connectivity index (χ1v) is 16.3. The zero-order valence-electron chi connectivity index (χ0n) is 28.7. The number of aryl methyl sites for hydroxylation is 5. The molecule has 0 atom stereocenters. The van der Waals surface area contributed by atoms with E-state index >= 15 is 0 Å². The molecule has 6 aromatic rings. The molecule has 0 N–H and O–H groups in total. The van der Waals surface area contributed by atoms with Crippen LogP contribution in [0.3, 0.4) is 0 Å². The summed E-state index contributed by atoms with van der Waals surface area (Å²) in [7, 11) is 2.80. The van der Waals surface area contributed by atoms with Crippen molar-refractivity contribution in [3.05, 3.63) is 75.7 Å². The first-order chi connectivity index (χ1) is 23.1. The molecule has 8 bridgehead atoms. The molecule has 0 radical (unpaired) electrons. The number of methoxy groups -OCH3 is 2. The van der Waals surface area contributed by atoms with Gasteiger partial charge >= 0.3 is 28.4 Å². The normalized spacial score (nSPS) is 12.3. The molecule has 6 heterocycles. The van der Waals surface area contributed by atoms with Crippen LogP contribution in [0.5, 0.6) is 0 Å². The maximum atomic E-state index is 12.3. The van der Waals surface area contributed by atoms with Gasteiger partial charge in [0.25, 0.3) is 0 Å². The third-order valence-electron chi connectivity index (χ3n) is 9.86. The van der Waals surface area contributed by atoms with Crippen molar-refractivity contribution in [2.24, 2.45) is 0 Å². The van der Waals surface area contributed by atoms with E-state index in [-0.39, 0.29) is 41.3 Å². The van der Waals surface area contributed by atoms with Crippen molar-refractivity contribution in [3.63, 3.8) is 0 Å². The van der Waals surface area contributed by atoms with Gasteiger partial charge in [-0.15, -0.1) is 22.1 Å². The monoisotopic (exact) mass is 697 g/mol. The van der Waals surface area contributed by atoms with Crippen molar-refractivity contribution in [2.45, 2.75) is 66.7 Å². The topological polar surface area (TPSA) is 119 Å². The second-order valence-electron chi connectivity index (χ2n) is 12.5. The van der Waals surface area contributed by atoms with Gasteiger partial charge < -0.3 is 19.4 Å². The average molecular weight is 698 g/mol. The van der Waals surface area contributed by atoms with Gasteiger partial charge in [0, 0.05) is 29.8 Å². The molecule has 252 valence electrons. The molecule has 5 aromatic heterocycles. The van der Waals surface area contributed by atoms with E-state index in [1.807, 2.05) is 38.2 Å². The molecule has 0 spiro atoms. The van der Waals surface area contributed by atoms with Crippen LogP contribution in [0.25, 0.3) is 65.9 Å². The van der Waals surface area contributed by atoms with Gasteiger partial charge in [0.15, 0.2) is 0 Å². The van der Waals surface area contributed by atoms with Gasteiger partial charge in [-0.05, 0) is 75.1 Å². The molecule has 49 heavy (non-hydrogen) atoms. The van der Waals surface area contributed by atoms with E-state index in [1.165, 1.54) is 19.8 Å². The summed E-state index contributed by atoms with van der Waals surface area (Å²) in [6, 6.07) is 10.2. The maximum Gasteiger partial charge on any atom is 2.00 e. The van der Waals surface area contributed by atoms with Crippen molar-refractivity contribution in [1.82, 2.24) is 24.9 Å². The number of pyridine rings is 1. The summed E-state index contributed by atoms with van der Waals surface area (Å²) < 4.78 is 9.96. The van der Waals surface area contributed by atoms with E-state index in [4.69, 9.17) is 34.4 Å². The van der Waals surface area contributed by atoms with Crippen molar-refractivity contribution < 1.29 is 35.6 Å². The van der Waals surface area contributed by atoms with Crippen LogP contribution in [0.4, 0.5) is 0 Å². The Balaban J connectivity index is 0.00000417. The van der Waals surface area contributed by atoms with Gasteiger partial charge in [0.05, 0.1) is 42.2 Å². The van der Waals surface area contributed by atoms with Crippen LogP contribution in [0.15, 0.2) is 36.5 Å². The van der Waals surface area contributed by atoms with Gasteiger partial charge in [-0.3, -0.25) is 14.6 Å². The minimum atomic E-state index is -0.287. The fourth-order valence-corrected chi connectivity index (χ4v) is 7.13. The molecule has 0 saturated heterocycles. The number of nitrogens with zero attached hydrogens (tertiary/aromatic N) is 5. The second kappa shape index (κ2) is 13.2. The SMILES string of the molecule is CCc1c(C)c2cc3nc(cc4[n-]c(cc5nc6c(ccc7ncc(C)c5c76)c1[n-]2)c(C)c4CCC(=O)OC)C(CCC(=O)OC)=C3C.[Ni+2]. The van der Waals surface area contributed by atoms with Crippen LogP contribution in [0, 0.1) is 20.8 Å². The molecule has 0 unspecified atom stereocenters. The molecule has 1 aliphatic rings. The van der Waals surface area contributed by atoms with Crippen molar-refractivity contribution in [1.29, 1.82) is 0 Å². The summed E-state index contributed by atoms with van der Waals surface area (Å²) in [5, 5.41) is 3.03. The Hall–Kier alpha value is -4.82. The van der Waals surface area contributed by atoms with Crippen molar-refractivity contribution in [2.75, 3.05) is 14.2 Å². The molecular formula is C39H37N5NiO4. The summed E-state index contributed by atoms with van der Waals surface area (Å²) in [5.74, 6) is -0.571. The van der Waals surface area contributed by atoms with E-state index in [1.54, 1.807) is 0 Å². The Kier molecular flexibility index (Phi) is 9.20. The Morgan fingerprint density at radius 3 is 2.14 bits per heavy atom. The molecule has 9 nitrogen and oxygen atoms in total. The van der Waals surface area contributed by atoms with Gasteiger partial charge in [-0.1, -0.05) is 53.4 Å². The third-order valence-corrected chi connectivity index (χ3v) is 9.86. The van der Waals surface area contributed by atoms with Crippen LogP contribution in [0.2, 0.25) is 0 Å². The van der Waals surface area contributed by atoms with Gasteiger partial charge in [0.1, 0.15) is 0 Å². The molecule has 0 fully saturated rings. The average Bonchev–Trinajstić information content (AvgIpc) is 3.78. The summed E-state index contributed by atoms with van der Waals surface area (Å²) >= 11 is 0. The van der Waals surface area contributed by atoms with Crippen LogP contribution in [0.1, 0.15) is 72.3 Å². The number of carbonyl (C=O) groups is 2. The van der Waals surface area contributed by atoms with Gasteiger partial charge in [-0.2, -0.15) is 0 Å². The molecule has 10 heteroatoms. The molecule has 1 aromatic carbocycles. The number of allylic oxidation sites excluding steroid dienone is 2. The number of benzene rings is 1. The molecule has 7 rings (SSSR count). The van der Waals surface area contributed by atoms with Crippen molar-refractivity contribution >= 4 is 77.9 Å². The Morgan fingerprint density at radius 2 is 1.43 bits per heavy atom. The van der Waals surface area contributed by atoms with Gasteiger partial charge in [-0.25, -0.2) is 9.97 Å². The minimum Gasteiger partial charge on any atom is -0.657 e. The summed E-state index contributed by atoms with van der Waals surface area (Å²) in [6.45, 7) is 10.4. The summed E-state index contributed by atoms with van der Waals surface area (Å²) in [5.41, 5.74) is 14.5. The standard InChI is InChI=1S/C39H37N5O4.Ni/c1-8-23-20(3)30-15-28-21(4)24(10-13-34(45)47-6)31(41-28)17-32-25(11-14-35(46)48-7)22(5)29(42-32)16-33-36-19(2)18-40-27-12-9-26(38(23)43-30)39(44-33)37(27)36;/h9,12,15-18H,8,10-11,13-14H2,1-7H3;/q-2;+2. The predicted octanol–water partition coefficient (Wildman–Crippen LogP) is 7.46. The van der Waals surface area contributed by atoms with Crippen LogP contribution >= 0.6 is 0 Å². The van der Waals surface area contributed by atoms with Crippen molar-refractivity contribution in [3.8, 4) is 0 Å². The molecule has 0 saturated carbocycles. The first-order valence-electron chi connectivity index (χ1n) is 16.3. The third kappa shape index (κ3) is 5.72. The Labute approximate surface area is 294 Å². The fourth-order valence-electron chi connectivity index (χ4n) is 7.13. The number of hydrogen-bond donors (Lipinski definition) is 0. The Bertz CT molecular complexity index is 2460. The number of carbonyl (C=O) groups excluding carboxylic acids is 2. The number of ether oxygens (including phenoxy) is 2. The fraction of sp³-hybridized carbons (Fsp3) is 0.308. The molecular weight excluding hydrogens is 661 g/mol. The first kappa shape index (κ1) is 34.1. The quantitative estimate of drug-likeness (QED) is 0.124. The smallest absolute Gasteiger partial charge is 0.657 e.